The highest BCUT2D eigenvalue weighted by Crippen LogP contribution is 2.28. The van der Waals surface area contributed by atoms with Crippen LogP contribution in [0.2, 0.25) is 0 Å². The summed E-state index contributed by atoms with van der Waals surface area (Å²) in [5.74, 6) is 1.32. The van der Waals surface area contributed by atoms with Gasteiger partial charge in [0.05, 0.1) is 12.8 Å². The number of hydrogen-bond donors (Lipinski definition) is 1. The lowest BCUT2D eigenvalue weighted by atomic mass is 9.93. The Bertz CT molecular complexity index is 1740. The van der Waals surface area contributed by atoms with Gasteiger partial charge in [0.25, 0.3) is 0 Å². The number of methoxy groups -OCH3 is 1. The van der Waals surface area contributed by atoms with E-state index in [0.29, 0.717) is 5.82 Å². The minimum Gasteiger partial charge on any atom is -0.501 e. The minimum absolute atomic E-state index is 0.563. The van der Waals surface area contributed by atoms with Crippen molar-refractivity contribution in [3.05, 3.63) is 186 Å². The first-order chi connectivity index (χ1) is 22.7. The Morgan fingerprint density at radius 3 is 2.40 bits per heavy atom. The van der Waals surface area contributed by atoms with Gasteiger partial charge in [-0.3, -0.25) is 0 Å². The molecule has 0 saturated carbocycles. The van der Waals surface area contributed by atoms with Crippen LogP contribution in [0.25, 0.3) is 17.8 Å². The van der Waals surface area contributed by atoms with Crippen molar-refractivity contribution >= 4 is 17.9 Å². The molecule has 1 aliphatic carbocycles. The minimum atomic E-state index is 0.563. The normalized spacial score (nSPS) is 15.0. The zero-order valence-electron chi connectivity index (χ0n) is 28.7. The van der Waals surface area contributed by atoms with Gasteiger partial charge in [0.2, 0.25) is 0 Å². The number of allylic oxidation sites excluding steroid dienone is 16. The van der Waals surface area contributed by atoms with Gasteiger partial charge in [0, 0.05) is 28.8 Å². The average Bonchev–Trinajstić information content (AvgIpc) is 3.38. The molecular formula is C43H49N3O. The maximum Gasteiger partial charge on any atom is 0.123 e. The van der Waals surface area contributed by atoms with Crippen LogP contribution in [-0.2, 0) is 4.74 Å². The molecule has 3 rings (SSSR count). The Balaban J connectivity index is 1.88. The van der Waals surface area contributed by atoms with Crippen molar-refractivity contribution in [2.24, 2.45) is 4.99 Å². The second-order valence-electron chi connectivity index (χ2n) is 11.2. The molecule has 47 heavy (non-hydrogen) atoms. The van der Waals surface area contributed by atoms with Crippen molar-refractivity contribution in [2.75, 3.05) is 7.11 Å². The van der Waals surface area contributed by atoms with Crippen LogP contribution in [0.15, 0.2) is 174 Å². The van der Waals surface area contributed by atoms with Gasteiger partial charge in [-0.25, -0.2) is 4.99 Å². The monoisotopic (exact) mass is 623 g/mol. The lowest BCUT2D eigenvalue weighted by molar-refractivity contribution is 0.291. The van der Waals surface area contributed by atoms with Crippen LogP contribution < -0.4 is 5.32 Å². The number of hydrogen-bond acceptors (Lipinski definition) is 3. The molecule has 0 spiro atoms. The van der Waals surface area contributed by atoms with E-state index < -0.39 is 0 Å². The Kier molecular flexibility index (Phi) is 14.3. The Morgan fingerprint density at radius 1 is 0.979 bits per heavy atom. The fraction of sp³-hybridized carbons (Fsp3) is 0.186. The molecule has 0 radical (unpaired) electrons. The van der Waals surface area contributed by atoms with E-state index in [9.17, 15) is 0 Å². The van der Waals surface area contributed by atoms with Gasteiger partial charge in [-0.15, -0.1) is 0 Å². The van der Waals surface area contributed by atoms with Crippen LogP contribution in [0.1, 0.15) is 56.9 Å². The van der Waals surface area contributed by atoms with E-state index in [0.717, 1.165) is 64.5 Å². The summed E-state index contributed by atoms with van der Waals surface area (Å²) in [6.45, 7) is 24.0. The van der Waals surface area contributed by atoms with E-state index in [1.54, 1.807) is 19.3 Å². The van der Waals surface area contributed by atoms with Crippen LogP contribution >= 0.6 is 0 Å². The lowest BCUT2D eigenvalue weighted by Gasteiger charge is -2.19. The molecule has 0 aliphatic heterocycles. The summed E-state index contributed by atoms with van der Waals surface area (Å²) in [6, 6.07) is 10.4. The van der Waals surface area contributed by atoms with E-state index in [-0.39, 0.29) is 0 Å². The molecule has 1 N–H and O–H groups in total. The van der Waals surface area contributed by atoms with Crippen LogP contribution in [-0.4, -0.2) is 17.4 Å². The van der Waals surface area contributed by atoms with E-state index in [1.807, 2.05) is 56.4 Å². The number of nitrogens with zero attached hydrogens (tertiary/aromatic N) is 2. The highest BCUT2D eigenvalue weighted by molar-refractivity contribution is 6.04. The summed E-state index contributed by atoms with van der Waals surface area (Å²) in [7, 11) is 1.67. The molecule has 0 amide bonds. The first-order valence-electron chi connectivity index (χ1n) is 15.9. The van der Waals surface area contributed by atoms with Gasteiger partial charge in [-0.1, -0.05) is 111 Å². The second kappa shape index (κ2) is 18.6. The van der Waals surface area contributed by atoms with Gasteiger partial charge in [-0.2, -0.15) is 0 Å². The highest BCUT2D eigenvalue weighted by atomic mass is 16.5. The molecule has 0 saturated heterocycles. The molecule has 4 nitrogen and oxygen atoms in total. The number of nitrogens with one attached hydrogen (secondary N) is 1. The quantitative estimate of drug-likeness (QED) is 0.115. The smallest absolute Gasteiger partial charge is 0.123 e. The first kappa shape index (κ1) is 36.1. The van der Waals surface area contributed by atoms with E-state index >= 15 is 0 Å². The summed E-state index contributed by atoms with van der Waals surface area (Å²) in [4.78, 5) is 4.90. The van der Waals surface area contributed by atoms with Crippen molar-refractivity contribution in [2.45, 2.75) is 47.0 Å². The molecule has 1 aromatic carbocycles. The summed E-state index contributed by atoms with van der Waals surface area (Å²) in [5.41, 5.74) is 10.7. The molecule has 242 valence electrons. The van der Waals surface area contributed by atoms with Crippen LogP contribution in [0.3, 0.4) is 0 Å². The third kappa shape index (κ3) is 10.1. The van der Waals surface area contributed by atoms with Gasteiger partial charge in [0.15, 0.2) is 0 Å². The van der Waals surface area contributed by atoms with Crippen molar-refractivity contribution < 1.29 is 4.74 Å². The van der Waals surface area contributed by atoms with E-state index in [1.165, 1.54) is 16.7 Å². The predicted molar refractivity (Wildman–Crippen MR) is 205 cm³/mol. The van der Waals surface area contributed by atoms with Gasteiger partial charge < -0.3 is 14.6 Å². The maximum atomic E-state index is 5.70. The summed E-state index contributed by atoms with van der Waals surface area (Å²) in [5, 5.41) is 3.49. The van der Waals surface area contributed by atoms with E-state index in [4.69, 9.17) is 9.73 Å². The largest absolute Gasteiger partial charge is 0.501 e. The van der Waals surface area contributed by atoms with Crippen molar-refractivity contribution in [3.63, 3.8) is 0 Å². The number of ether oxygens (including phenoxy) is 1. The summed E-state index contributed by atoms with van der Waals surface area (Å²) >= 11 is 0. The topological polar surface area (TPSA) is 38.5 Å². The second-order valence-corrected chi connectivity index (χ2v) is 11.2. The fourth-order valence-electron chi connectivity index (χ4n) is 5.43. The molecule has 0 fully saturated rings. The molecule has 4 heteroatoms. The molecule has 1 aliphatic rings. The fourth-order valence-corrected chi connectivity index (χ4v) is 5.43. The van der Waals surface area contributed by atoms with Crippen LogP contribution in [0.5, 0.6) is 0 Å². The predicted octanol–water partition coefficient (Wildman–Crippen LogP) is 11.2. The number of aromatic nitrogens is 1. The Labute approximate surface area is 282 Å². The molecular weight excluding hydrogens is 574 g/mol. The summed E-state index contributed by atoms with van der Waals surface area (Å²) in [6.07, 6.45) is 31.1. The highest BCUT2D eigenvalue weighted by Gasteiger charge is 2.16. The number of aliphatic imine (C=N–C) groups is 1. The number of rotatable bonds is 16. The zero-order chi connectivity index (χ0) is 34.2. The number of benzene rings is 1. The van der Waals surface area contributed by atoms with Crippen molar-refractivity contribution in [1.29, 1.82) is 0 Å². The van der Waals surface area contributed by atoms with E-state index in [2.05, 4.69) is 111 Å². The molecule has 1 heterocycles. The Hall–Kier alpha value is -5.35. The number of para-hydroxylation sites is 1. The third-order valence-corrected chi connectivity index (χ3v) is 7.88. The van der Waals surface area contributed by atoms with Gasteiger partial charge in [0.1, 0.15) is 11.6 Å². The molecule has 0 bridgehead atoms. The van der Waals surface area contributed by atoms with Gasteiger partial charge >= 0.3 is 0 Å². The SMILES string of the molecule is C=CC=C(/C(C)=C/C=C\C=C)/C(C(C)=NC(=C)NC1=C(C/C=C\c2cn(-c3ccccc3)c(/C=C\C=C)c2C)CCC=C1)=C(/C)OC. The van der Waals surface area contributed by atoms with Crippen molar-refractivity contribution in [3.8, 4) is 5.69 Å². The van der Waals surface area contributed by atoms with Crippen LogP contribution in [0.4, 0.5) is 0 Å². The lowest BCUT2D eigenvalue weighted by Crippen LogP contribution is -2.15. The summed E-state index contributed by atoms with van der Waals surface area (Å²) < 4.78 is 7.93. The Morgan fingerprint density at radius 2 is 1.72 bits per heavy atom. The zero-order valence-corrected chi connectivity index (χ0v) is 28.7. The third-order valence-electron chi connectivity index (χ3n) is 7.88. The maximum absolute atomic E-state index is 5.70. The average molecular weight is 624 g/mol. The van der Waals surface area contributed by atoms with Gasteiger partial charge in [-0.05, 0) is 99.1 Å². The van der Waals surface area contributed by atoms with Crippen molar-refractivity contribution in [1.82, 2.24) is 9.88 Å². The standard InChI is InChI=1S/C43H49N3O/c1-10-13-16-23-32(4)40(22-12-3)43(35(7)47-9)34(6)44-36(8)45-41-29-20-19-24-37(41)25-21-26-38-31-46(39-27-17-15-18-28-39)42(33(38)5)30-14-11-2/h10-18,20-23,26-31,45H,1-3,8,19,24-25H2,4-7,9H3/b16-13-,26-21-,30-14-,32-23+,40-22?,43-35-,44-34?. The van der Waals surface area contributed by atoms with Crippen LogP contribution in [0, 0.1) is 6.92 Å². The molecule has 1 aromatic heterocycles. The molecule has 0 atom stereocenters. The first-order valence-corrected chi connectivity index (χ1v) is 15.9. The molecule has 0 unspecified atom stereocenters. The molecule has 2 aromatic rings.